The van der Waals surface area contributed by atoms with Gasteiger partial charge in [0.05, 0.1) is 22.0 Å². The number of aromatic carboxylic acids is 1. The Morgan fingerprint density at radius 1 is 1.14 bits per heavy atom. The van der Waals surface area contributed by atoms with Gasteiger partial charge in [0.25, 0.3) is 0 Å². The van der Waals surface area contributed by atoms with Gasteiger partial charge in [-0.15, -0.1) is 0 Å². The number of rotatable bonds is 5. The molecule has 0 unspecified atom stereocenters. The van der Waals surface area contributed by atoms with Crippen LogP contribution in [-0.4, -0.2) is 19.5 Å². The van der Waals surface area contributed by atoms with Crippen molar-refractivity contribution in [2.75, 3.05) is 4.72 Å². The normalized spacial score (nSPS) is 11.1. The molecule has 0 fully saturated rings. The largest absolute Gasteiger partial charge is 0.478 e. The lowest BCUT2D eigenvalue weighted by Gasteiger charge is -2.09. The van der Waals surface area contributed by atoms with Gasteiger partial charge in [-0.25, -0.2) is 13.2 Å². The molecule has 2 aromatic rings. The minimum Gasteiger partial charge on any atom is -0.478 e. The van der Waals surface area contributed by atoms with Crippen LogP contribution in [0.5, 0.6) is 0 Å². The summed E-state index contributed by atoms with van der Waals surface area (Å²) in [5.41, 5.74) is 0.712. The quantitative estimate of drug-likeness (QED) is 0.885. The number of halogens is 1. The van der Waals surface area contributed by atoms with Crippen LogP contribution in [0.4, 0.5) is 5.69 Å². The standard InChI is InChI=1S/C14H12ClNO4S/c15-12-6-1-2-7-13(12)16-21(19,20)9-10-4-3-5-11(8-10)14(17)18/h1-8,16H,9H2,(H,17,18). The third kappa shape index (κ3) is 4.21. The number of anilines is 1. The summed E-state index contributed by atoms with van der Waals surface area (Å²) < 4.78 is 26.5. The molecule has 0 heterocycles. The van der Waals surface area contributed by atoms with Gasteiger partial charge in [0.2, 0.25) is 10.0 Å². The van der Waals surface area contributed by atoms with Gasteiger partial charge in [-0.05, 0) is 29.8 Å². The lowest BCUT2D eigenvalue weighted by molar-refractivity contribution is 0.0696. The Kier molecular flexibility index (Phi) is 4.50. The van der Waals surface area contributed by atoms with Gasteiger partial charge in [-0.1, -0.05) is 35.9 Å². The van der Waals surface area contributed by atoms with Crippen LogP contribution in [0.3, 0.4) is 0 Å². The van der Waals surface area contributed by atoms with Crippen molar-refractivity contribution in [3.05, 3.63) is 64.7 Å². The van der Waals surface area contributed by atoms with E-state index in [4.69, 9.17) is 16.7 Å². The molecule has 21 heavy (non-hydrogen) atoms. The van der Waals surface area contributed by atoms with Gasteiger partial charge < -0.3 is 5.11 Å². The molecule has 2 aromatic carbocycles. The summed E-state index contributed by atoms with van der Waals surface area (Å²) >= 11 is 5.90. The van der Waals surface area contributed by atoms with Crippen LogP contribution >= 0.6 is 11.6 Å². The summed E-state index contributed by atoms with van der Waals surface area (Å²) in [6.45, 7) is 0. The minimum absolute atomic E-state index is 0.0421. The molecular weight excluding hydrogens is 314 g/mol. The Balaban J connectivity index is 2.20. The SMILES string of the molecule is O=C(O)c1cccc(CS(=O)(=O)Nc2ccccc2Cl)c1. The lowest BCUT2D eigenvalue weighted by Crippen LogP contribution is -2.15. The lowest BCUT2D eigenvalue weighted by atomic mass is 10.1. The first-order valence-electron chi connectivity index (χ1n) is 5.95. The number of benzene rings is 2. The number of carboxylic acids is 1. The molecule has 0 aromatic heterocycles. The fourth-order valence-corrected chi connectivity index (χ4v) is 3.20. The number of nitrogens with one attached hydrogen (secondary N) is 1. The van der Waals surface area contributed by atoms with Gasteiger partial charge in [0.15, 0.2) is 0 Å². The van der Waals surface area contributed by atoms with Crippen LogP contribution in [0.15, 0.2) is 48.5 Å². The third-order valence-electron chi connectivity index (χ3n) is 2.67. The van der Waals surface area contributed by atoms with Crippen LogP contribution in [-0.2, 0) is 15.8 Å². The summed E-state index contributed by atoms with van der Waals surface area (Å²) in [5, 5.41) is 9.19. The van der Waals surface area contributed by atoms with Crippen molar-refractivity contribution in [1.29, 1.82) is 0 Å². The van der Waals surface area contributed by atoms with E-state index in [-0.39, 0.29) is 17.0 Å². The van der Waals surface area contributed by atoms with Crippen molar-refractivity contribution in [3.63, 3.8) is 0 Å². The van der Waals surface area contributed by atoms with Crippen LogP contribution in [0.1, 0.15) is 15.9 Å². The van der Waals surface area contributed by atoms with Gasteiger partial charge >= 0.3 is 5.97 Å². The van der Waals surface area contributed by atoms with E-state index in [2.05, 4.69) is 4.72 Å². The second-order valence-electron chi connectivity index (χ2n) is 4.35. The maximum atomic E-state index is 12.1. The number of carboxylic acid groups (broad SMARTS) is 1. The van der Waals surface area contributed by atoms with Crippen molar-refractivity contribution in [1.82, 2.24) is 0 Å². The molecule has 0 amide bonds. The topological polar surface area (TPSA) is 83.5 Å². The van der Waals surface area contributed by atoms with Gasteiger partial charge in [0.1, 0.15) is 0 Å². The summed E-state index contributed by atoms with van der Waals surface area (Å²) in [7, 11) is -3.68. The Hall–Kier alpha value is -2.05. The summed E-state index contributed by atoms with van der Waals surface area (Å²) in [4.78, 5) is 10.9. The van der Waals surface area contributed by atoms with Crippen molar-refractivity contribution in [2.45, 2.75) is 5.75 Å². The molecule has 7 heteroatoms. The highest BCUT2D eigenvalue weighted by molar-refractivity contribution is 7.91. The van der Waals surface area contributed by atoms with Crippen molar-refractivity contribution >= 4 is 33.3 Å². The van der Waals surface area contributed by atoms with Crippen LogP contribution in [0, 0.1) is 0 Å². The average Bonchev–Trinajstić information content (AvgIpc) is 2.41. The van der Waals surface area contributed by atoms with Crippen molar-refractivity contribution in [3.8, 4) is 0 Å². The predicted octanol–water partition coefficient (Wildman–Crippen LogP) is 2.98. The smallest absolute Gasteiger partial charge is 0.335 e. The molecule has 0 saturated carbocycles. The van der Waals surface area contributed by atoms with Gasteiger partial charge in [0, 0.05) is 0 Å². The van der Waals surface area contributed by atoms with E-state index in [0.29, 0.717) is 10.6 Å². The molecule has 0 aliphatic carbocycles. The number of carbonyl (C=O) groups is 1. The number of hydrogen-bond acceptors (Lipinski definition) is 3. The van der Waals surface area contributed by atoms with Gasteiger partial charge in [-0.3, -0.25) is 4.72 Å². The molecule has 0 radical (unpaired) electrons. The van der Waals surface area contributed by atoms with Crippen LogP contribution in [0.25, 0.3) is 0 Å². The molecule has 0 saturated heterocycles. The number of para-hydroxylation sites is 1. The first-order chi connectivity index (χ1) is 9.87. The Morgan fingerprint density at radius 3 is 2.52 bits per heavy atom. The maximum absolute atomic E-state index is 12.1. The van der Waals surface area contributed by atoms with Crippen LogP contribution in [0.2, 0.25) is 5.02 Å². The van der Waals surface area contributed by atoms with Gasteiger partial charge in [-0.2, -0.15) is 0 Å². The molecule has 110 valence electrons. The third-order valence-corrected chi connectivity index (χ3v) is 4.24. The summed E-state index contributed by atoms with van der Waals surface area (Å²) in [5.74, 6) is -1.44. The molecule has 0 spiro atoms. The molecular formula is C14H12ClNO4S. The van der Waals surface area contributed by atoms with E-state index in [9.17, 15) is 13.2 Å². The fourth-order valence-electron chi connectivity index (χ4n) is 1.76. The fraction of sp³-hybridized carbons (Fsp3) is 0.0714. The highest BCUT2D eigenvalue weighted by Gasteiger charge is 2.14. The molecule has 2 rings (SSSR count). The molecule has 5 nitrogen and oxygen atoms in total. The zero-order valence-corrected chi connectivity index (χ0v) is 12.4. The number of hydrogen-bond donors (Lipinski definition) is 2. The molecule has 0 atom stereocenters. The zero-order valence-electron chi connectivity index (χ0n) is 10.8. The molecule has 0 bridgehead atoms. The first-order valence-corrected chi connectivity index (χ1v) is 7.98. The van der Waals surface area contributed by atoms with Crippen molar-refractivity contribution in [2.24, 2.45) is 0 Å². The summed E-state index contributed by atoms with van der Waals surface area (Å²) in [6.07, 6.45) is 0. The van der Waals surface area contributed by atoms with Crippen LogP contribution < -0.4 is 4.72 Å². The van der Waals surface area contributed by atoms with E-state index in [0.717, 1.165) is 0 Å². The average molecular weight is 326 g/mol. The predicted molar refractivity (Wildman–Crippen MR) is 81.1 cm³/mol. The van der Waals surface area contributed by atoms with E-state index >= 15 is 0 Å². The summed E-state index contributed by atoms with van der Waals surface area (Å²) in [6, 6.07) is 12.3. The van der Waals surface area contributed by atoms with E-state index in [1.165, 1.54) is 18.2 Å². The molecule has 2 N–H and O–H groups in total. The molecule has 0 aliphatic rings. The monoisotopic (exact) mass is 325 g/mol. The number of sulfonamides is 1. The highest BCUT2D eigenvalue weighted by Crippen LogP contribution is 2.22. The van der Waals surface area contributed by atoms with E-state index < -0.39 is 16.0 Å². The van der Waals surface area contributed by atoms with E-state index in [1.807, 2.05) is 0 Å². The Bertz CT molecular complexity index is 774. The Labute approximate surface area is 127 Å². The van der Waals surface area contributed by atoms with E-state index in [1.54, 1.807) is 30.3 Å². The highest BCUT2D eigenvalue weighted by atomic mass is 35.5. The maximum Gasteiger partial charge on any atom is 0.335 e. The zero-order chi connectivity index (χ0) is 15.5. The Morgan fingerprint density at radius 2 is 1.86 bits per heavy atom. The second-order valence-corrected chi connectivity index (χ2v) is 6.48. The second kappa shape index (κ2) is 6.15. The minimum atomic E-state index is -3.68. The molecule has 0 aliphatic heterocycles. The first kappa shape index (κ1) is 15.3. The van der Waals surface area contributed by atoms with Crippen molar-refractivity contribution < 1.29 is 18.3 Å².